The van der Waals surface area contributed by atoms with Gasteiger partial charge in [-0.25, -0.2) is 4.68 Å². The number of halogens is 4. The number of aromatic nitrogens is 2. The van der Waals surface area contributed by atoms with E-state index in [0.717, 1.165) is 10.2 Å². The molecule has 1 heterocycles. The van der Waals surface area contributed by atoms with Crippen LogP contribution in [0.3, 0.4) is 0 Å². The van der Waals surface area contributed by atoms with Gasteiger partial charge < -0.3 is 10.1 Å². The summed E-state index contributed by atoms with van der Waals surface area (Å²) in [6.45, 7) is 0.223. The van der Waals surface area contributed by atoms with Gasteiger partial charge in [0.2, 0.25) is 0 Å². The van der Waals surface area contributed by atoms with Gasteiger partial charge in [-0.05, 0) is 36.2 Å². The van der Waals surface area contributed by atoms with Gasteiger partial charge in [0.05, 0.1) is 17.8 Å². The van der Waals surface area contributed by atoms with E-state index in [9.17, 15) is 18.0 Å². The van der Waals surface area contributed by atoms with Crippen LogP contribution in [0.5, 0.6) is 5.75 Å². The van der Waals surface area contributed by atoms with Crippen molar-refractivity contribution in [3.05, 3.63) is 76.6 Å². The molecule has 1 aromatic heterocycles. The zero-order chi connectivity index (χ0) is 21.0. The van der Waals surface area contributed by atoms with E-state index in [-0.39, 0.29) is 22.9 Å². The molecular formula is C20H17ClF3N3O2. The summed E-state index contributed by atoms with van der Waals surface area (Å²) in [6, 6.07) is 14.2. The smallest absolute Gasteiger partial charge is 0.435 e. The summed E-state index contributed by atoms with van der Waals surface area (Å²) in [5, 5.41) is 6.36. The number of hydrogen-bond donors (Lipinski definition) is 1. The Hall–Kier alpha value is -3.00. The van der Waals surface area contributed by atoms with Crippen LogP contribution in [0.25, 0.3) is 5.69 Å². The third-order valence-corrected chi connectivity index (χ3v) is 4.47. The lowest BCUT2D eigenvalue weighted by molar-refractivity contribution is -0.141. The molecule has 0 fully saturated rings. The van der Waals surface area contributed by atoms with E-state index in [2.05, 4.69) is 10.4 Å². The molecule has 0 unspecified atom stereocenters. The Morgan fingerprint density at radius 1 is 1.17 bits per heavy atom. The molecule has 9 heteroatoms. The predicted molar refractivity (Wildman–Crippen MR) is 103 cm³/mol. The number of para-hydroxylation sites is 1. The van der Waals surface area contributed by atoms with Gasteiger partial charge in [-0.2, -0.15) is 18.3 Å². The van der Waals surface area contributed by atoms with Crippen LogP contribution in [0.15, 0.2) is 54.6 Å². The van der Waals surface area contributed by atoms with E-state index in [1.807, 2.05) is 18.2 Å². The number of methoxy groups -OCH3 is 1. The summed E-state index contributed by atoms with van der Waals surface area (Å²) < 4.78 is 45.5. The molecule has 0 atom stereocenters. The summed E-state index contributed by atoms with van der Waals surface area (Å²) in [5.74, 6) is -0.00347. The number of carbonyl (C=O) groups excluding carboxylic acids is 1. The van der Waals surface area contributed by atoms with Crippen molar-refractivity contribution in [1.29, 1.82) is 0 Å². The molecule has 1 amide bonds. The Bertz CT molecular complexity index is 1020. The SMILES string of the molecule is COc1cccc(CCNC(=O)c2cc(C(F)(F)F)nn2-c2ccccc2Cl)c1. The minimum atomic E-state index is -4.69. The van der Waals surface area contributed by atoms with Gasteiger partial charge >= 0.3 is 6.18 Å². The highest BCUT2D eigenvalue weighted by Crippen LogP contribution is 2.30. The molecule has 0 radical (unpaired) electrons. The Morgan fingerprint density at radius 2 is 1.93 bits per heavy atom. The molecule has 29 heavy (non-hydrogen) atoms. The van der Waals surface area contributed by atoms with Crippen molar-refractivity contribution in [3.8, 4) is 11.4 Å². The number of benzene rings is 2. The largest absolute Gasteiger partial charge is 0.497 e. The minimum Gasteiger partial charge on any atom is -0.497 e. The number of alkyl halides is 3. The van der Waals surface area contributed by atoms with Gasteiger partial charge in [0.15, 0.2) is 5.69 Å². The molecular weight excluding hydrogens is 407 g/mol. The molecule has 3 aromatic rings. The van der Waals surface area contributed by atoms with E-state index >= 15 is 0 Å². The van der Waals surface area contributed by atoms with Crippen LogP contribution in [0.2, 0.25) is 5.02 Å². The Kier molecular flexibility index (Phi) is 6.12. The maximum atomic E-state index is 13.2. The van der Waals surface area contributed by atoms with Crippen LogP contribution in [0, 0.1) is 0 Å². The van der Waals surface area contributed by atoms with E-state index in [1.54, 1.807) is 25.3 Å². The highest BCUT2D eigenvalue weighted by Gasteiger charge is 2.36. The van der Waals surface area contributed by atoms with Gasteiger partial charge in [-0.1, -0.05) is 35.9 Å². The standard InChI is InChI=1S/C20H17ClF3N3O2/c1-29-14-6-4-5-13(11-14)9-10-25-19(28)17-12-18(20(22,23)24)26-27(17)16-8-3-2-7-15(16)21/h2-8,11-12H,9-10H2,1H3,(H,25,28). The number of ether oxygens (including phenoxy) is 1. The van der Waals surface area contributed by atoms with Crippen molar-refractivity contribution in [1.82, 2.24) is 15.1 Å². The van der Waals surface area contributed by atoms with Crippen LogP contribution in [0.4, 0.5) is 13.2 Å². The number of rotatable bonds is 6. The molecule has 0 saturated carbocycles. The van der Waals surface area contributed by atoms with Crippen LogP contribution in [-0.4, -0.2) is 29.3 Å². The van der Waals surface area contributed by atoms with E-state index in [0.29, 0.717) is 18.2 Å². The molecule has 0 spiro atoms. The summed E-state index contributed by atoms with van der Waals surface area (Å²) in [6.07, 6.45) is -4.21. The lowest BCUT2D eigenvalue weighted by Gasteiger charge is -2.10. The van der Waals surface area contributed by atoms with Gasteiger partial charge in [-0.3, -0.25) is 4.79 Å². The first-order valence-electron chi connectivity index (χ1n) is 8.63. The van der Waals surface area contributed by atoms with Gasteiger partial charge in [0.25, 0.3) is 5.91 Å². The number of carbonyl (C=O) groups is 1. The normalized spacial score (nSPS) is 11.3. The molecule has 5 nitrogen and oxygen atoms in total. The molecule has 0 aliphatic rings. The van der Waals surface area contributed by atoms with Crippen LogP contribution >= 0.6 is 11.6 Å². The molecule has 2 aromatic carbocycles. The fourth-order valence-corrected chi connectivity index (χ4v) is 2.94. The maximum Gasteiger partial charge on any atom is 0.435 e. The van der Waals surface area contributed by atoms with Crippen molar-refractivity contribution in [2.45, 2.75) is 12.6 Å². The summed E-state index contributed by atoms with van der Waals surface area (Å²) >= 11 is 6.09. The van der Waals surface area contributed by atoms with Crippen molar-refractivity contribution >= 4 is 17.5 Å². The number of nitrogens with zero attached hydrogens (tertiary/aromatic N) is 2. The Balaban J connectivity index is 1.82. The summed E-state index contributed by atoms with van der Waals surface area (Å²) in [5.41, 5.74) is -0.325. The molecule has 3 rings (SSSR count). The van der Waals surface area contributed by atoms with E-state index < -0.39 is 17.8 Å². The molecule has 0 aliphatic carbocycles. The lowest BCUT2D eigenvalue weighted by Crippen LogP contribution is -2.27. The molecule has 0 saturated heterocycles. The second kappa shape index (κ2) is 8.57. The van der Waals surface area contributed by atoms with Crippen molar-refractivity contribution in [2.75, 3.05) is 13.7 Å². The fourth-order valence-electron chi connectivity index (χ4n) is 2.73. The van der Waals surface area contributed by atoms with E-state index in [4.69, 9.17) is 16.3 Å². The predicted octanol–water partition coefficient (Wildman–Crippen LogP) is 4.53. The zero-order valence-corrected chi connectivity index (χ0v) is 16.1. The first kappa shape index (κ1) is 20.7. The van der Waals surface area contributed by atoms with Gasteiger partial charge in [0, 0.05) is 12.6 Å². The van der Waals surface area contributed by atoms with Gasteiger partial charge in [-0.15, -0.1) is 0 Å². The minimum absolute atomic E-state index is 0.176. The number of amides is 1. The van der Waals surface area contributed by atoms with Crippen molar-refractivity contribution < 1.29 is 22.7 Å². The topological polar surface area (TPSA) is 56.1 Å². The highest BCUT2D eigenvalue weighted by molar-refractivity contribution is 6.32. The average molecular weight is 424 g/mol. The maximum absolute atomic E-state index is 13.2. The third-order valence-electron chi connectivity index (χ3n) is 4.15. The fraction of sp³-hybridized carbons (Fsp3) is 0.200. The van der Waals surface area contributed by atoms with Crippen LogP contribution < -0.4 is 10.1 Å². The zero-order valence-electron chi connectivity index (χ0n) is 15.3. The third kappa shape index (κ3) is 4.89. The summed E-state index contributed by atoms with van der Waals surface area (Å²) in [7, 11) is 1.55. The second-order valence-corrected chi connectivity index (χ2v) is 6.54. The van der Waals surface area contributed by atoms with Crippen molar-refractivity contribution in [2.24, 2.45) is 0 Å². The Morgan fingerprint density at radius 3 is 2.62 bits per heavy atom. The first-order chi connectivity index (χ1) is 13.8. The molecule has 1 N–H and O–H groups in total. The second-order valence-electron chi connectivity index (χ2n) is 6.13. The van der Waals surface area contributed by atoms with Crippen LogP contribution in [-0.2, 0) is 12.6 Å². The van der Waals surface area contributed by atoms with Gasteiger partial charge in [0.1, 0.15) is 11.4 Å². The average Bonchev–Trinajstić information content (AvgIpc) is 3.14. The number of nitrogens with one attached hydrogen (secondary N) is 1. The molecule has 0 bridgehead atoms. The molecule has 152 valence electrons. The number of hydrogen-bond acceptors (Lipinski definition) is 3. The Labute approximate surface area is 170 Å². The van der Waals surface area contributed by atoms with Crippen LogP contribution in [0.1, 0.15) is 21.7 Å². The monoisotopic (exact) mass is 423 g/mol. The highest BCUT2D eigenvalue weighted by atomic mass is 35.5. The van der Waals surface area contributed by atoms with E-state index in [1.165, 1.54) is 12.1 Å². The molecule has 0 aliphatic heterocycles. The lowest BCUT2D eigenvalue weighted by atomic mass is 10.1. The van der Waals surface area contributed by atoms with Crippen molar-refractivity contribution in [3.63, 3.8) is 0 Å². The quantitative estimate of drug-likeness (QED) is 0.634. The first-order valence-corrected chi connectivity index (χ1v) is 9.00. The summed E-state index contributed by atoms with van der Waals surface area (Å²) in [4.78, 5) is 12.6.